The maximum absolute atomic E-state index is 9.55. The maximum Gasteiger partial charge on any atom is 0.328 e. The number of aromatic nitrogens is 1. The van der Waals surface area contributed by atoms with Crippen LogP contribution in [0, 0.1) is 6.92 Å². The quantitative estimate of drug-likeness (QED) is 0.713. The molecular weight excluding hydrogens is 344 g/mol. The smallest absolute Gasteiger partial charge is 0.328 e. The maximum atomic E-state index is 9.55. The zero-order chi connectivity index (χ0) is 20.0. The molecule has 1 aromatic heterocycles. The number of nitrogens with two attached hydrogens (primary N) is 1. The average Bonchev–Trinajstić information content (AvgIpc) is 2.60. The highest BCUT2D eigenvalue weighted by molar-refractivity contribution is 5.89. The summed E-state index contributed by atoms with van der Waals surface area (Å²) >= 11 is 0. The number of nitrogen functional groups attached to an aromatic ring is 1. The second kappa shape index (κ2) is 8.80. The number of rotatable bonds is 3. The first-order chi connectivity index (χ1) is 12.8. The molecule has 0 saturated carbocycles. The third-order valence-corrected chi connectivity index (χ3v) is 4.06. The highest BCUT2D eigenvalue weighted by atomic mass is 16.4. The fourth-order valence-electron chi connectivity index (χ4n) is 2.96. The van der Waals surface area contributed by atoms with Crippen molar-refractivity contribution < 1.29 is 19.8 Å². The van der Waals surface area contributed by atoms with Gasteiger partial charge in [-0.2, -0.15) is 0 Å². The number of aryl methyl sites for hydroxylation is 1. The zero-order valence-corrected chi connectivity index (χ0v) is 15.2. The third kappa shape index (κ3) is 5.81. The second-order valence-electron chi connectivity index (χ2n) is 6.34. The Kier molecular flexibility index (Phi) is 6.49. The van der Waals surface area contributed by atoms with Crippen molar-refractivity contribution in [3.63, 3.8) is 0 Å². The molecule has 140 valence electrons. The molecule has 0 aliphatic heterocycles. The first-order valence-electron chi connectivity index (χ1n) is 8.44. The van der Waals surface area contributed by atoms with Gasteiger partial charge in [0.25, 0.3) is 0 Å². The van der Waals surface area contributed by atoms with Gasteiger partial charge < -0.3 is 15.9 Å². The van der Waals surface area contributed by atoms with Crippen molar-refractivity contribution in [3.8, 4) is 0 Å². The van der Waals surface area contributed by atoms with E-state index in [2.05, 4.69) is 42.2 Å². The Labute approximate surface area is 157 Å². The van der Waals surface area contributed by atoms with Crippen LogP contribution in [0.15, 0.2) is 48.6 Å². The Morgan fingerprint density at radius 1 is 1.15 bits per heavy atom. The molecule has 0 saturated heterocycles. The van der Waals surface area contributed by atoms with E-state index in [0.717, 1.165) is 23.5 Å². The summed E-state index contributed by atoms with van der Waals surface area (Å²) in [5.74, 6) is -1.99. The van der Waals surface area contributed by atoms with Crippen LogP contribution in [0.5, 0.6) is 0 Å². The Morgan fingerprint density at radius 3 is 2.37 bits per heavy atom. The van der Waals surface area contributed by atoms with E-state index in [-0.39, 0.29) is 0 Å². The summed E-state index contributed by atoms with van der Waals surface area (Å²) in [4.78, 5) is 23.7. The fourth-order valence-corrected chi connectivity index (χ4v) is 2.96. The van der Waals surface area contributed by atoms with Crippen LogP contribution in [-0.4, -0.2) is 27.1 Å². The minimum Gasteiger partial charge on any atom is -0.478 e. The summed E-state index contributed by atoms with van der Waals surface area (Å²) in [6.07, 6.45) is 4.38. The standard InChI is InChI=1S/C17H18N2.C4H4O4/c1-11-7-14(9-13-5-3-4-6-16(11)13)17-10-15(18)8-12(2)19-17;5-3(6)1-2-4(7)8/h3-6,8-11H,7H2,1-2H3,(H2,18,19);1-2H,(H,5,6)(H,7,8)/b;2-1+. The van der Waals surface area contributed by atoms with Crippen molar-refractivity contribution in [1.82, 2.24) is 4.98 Å². The van der Waals surface area contributed by atoms with Crippen LogP contribution in [0.3, 0.4) is 0 Å². The van der Waals surface area contributed by atoms with Crippen LogP contribution >= 0.6 is 0 Å². The lowest BCUT2D eigenvalue weighted by Gasteiger charge is -2.22. The lowest BCUT2D eigenvalue weighted by Crippen LogP contribution is -2.05. The number of pyridine rings is 1. The number of nitrogens with zero attached hydrogens (tertiary/aromatic N) is 1. The minimum absolute atomic E-state index is 0.528. The van der Waals surface area contributed by atoms with E-state index in [9.17, 15) is 9.59 Å². The second-order valence-corrected chi connectivity index (χ2v) is 6.34. The van der Waals surface area contributed by atoms with E-state index >= 15 is 0 Å². The number of hydrogen-bond acceptors (Lipinski definition) is 4. The van der Waals surface area contributed by atoms with Crippen LogP contribution in [0.2, 0.25) is 0 Å². The van der Waals surface area contributed by atoms with Gasteiger partial charge in [0, 0.05) is 23.5 Å². The number of hydrogen-bond donors (Lipinski definition) is 3. The number of aliphatic carboxylic acids is 2. The number of carboxylic acids is 2. The highest BCUT2D eigenvalue weighted by Gasteiger charge is 2.19. The summed E-state index contributed by atoms with van der Waals surface area (Å²) in [6, 6.07) is 12.5. The number of allylic oxidation sites excluding steroid dienone is 1. The number of fused-ring (bicyclic) bond motifs is 1. The van der Waals surface area contributed by atoms with E-state index < -0.39 is 11.9 Å². The van der Waals surface area contributed by atoms with Gasteiger partial charge in [0.05, 0.1) is 5.69 Å². The zero-order valence-electron chi connectivity index (χ0n) is 15.2. The van der Waals surface area contributed by atoms with Gasteiger partial charge in [-0.3, -0.25) is 4.98 Å². The van der Waals surface area contributed by atoms with Crippen molar-refractivity contribution in [2.45, 2.75) is 26.2 Å². The largest absolute Gasteiger partial charge is 0.478 e. The molecule has 4 N–H and O–H groups in total. The molecule has 0 amide bonds. The van der Waals surface area contributed by atoms with Crippen molar-refractivity contribution in [1.29, 1.82) is 0 Å². The SMILES string of the molecule is Cc1cc(N)cc(C2=Cc3ccccc3C(C)C2)n1.O=C(O)/C=C/C(=O)O. The molecule has 6 nitrogen and oxygen atoms in total. The molecule has 0 spiro atoms. The molecule has 1 aliphatic rings. The van der Waals surface area contributed by atoms with E-state index in [0.29, 0.717) is 18.1 Å². The van der Waals surface area contributed by atoms with Crippen molar-refractivity contribution in [2.24, 2.45) is 0 Å². The molecule has 1 atom stereocenters. The van der Waals surface area contributed by atoms with Crippen LogP contribution in [0.25, 0.3) is 11.6 Å². The molecule has 1 aromatic carbocycles. The Hall–Kier alpha value is -3.41. The normalized spacial score (nSPS) is 15.3. The van der Waals surface area contributed by atoms with Gasteiger partial charge in [0.2, 0.25) is 0 Å². The minimum atomic E-state index is -1.26. The summed E-state index contributed by atoms with van der Waals surface area (Å²) in [5, 5.41) is 15.6. The Balaban J connectivity index is 0.000000279. The number of benzene rings is 1. The average molecular weight is 366 g/mol. The predicted molar refractivity (Wildman–Crippen MR) is 105 cm³/mol. The summed E-state index contributed by atoms with van der Waals surface area (Å²) in [6.45, 7) is 4.26. The van der Waals surface area contributed by atoms with Gasteiger partial charge in [-0.25, -0.2) is 9.59 Å². The Morgan fingerprint density at radius 2 is 1.78 bits per heavy atom. The first kappa shape index (κ1) is 19.9. The first-order valence-corrected chi connectivity index (χ1v) is 8.44. The number of anilines is 1. The fraction of sp³-hybridized carbons (Fsp3) is 0.190. The van der Waals surface area contributed by atoms with Gasteiger partial charge in [0.15, 0.2) is 0 Å². The molecule has 0 bridgehead atoms. The Bertz CT molecular complexity index is 880. The van der Waals surface area contributed by atoms with E-state index in [1.807, 2.05) is 19.1 Å². The van der Waals surface area contributed by atoms with Crippen molar-refractivity contribution in [2.75, 3.05) is 5.73 Å². The third-order valence-electron chi connectivity index (χ3n) is 4.06. The predicted octanol–water partition coefficient (Wildman–Crippen LogP) is 3.73. The summed E-state index contributed by atoms with van der Waals surface area (Å²) in [7, 11) is 0. The lowest BCUT2D eigenvalue weighted by molar-refractivity contribution is -0.134. The molecule has 1 aliphatic carbocycles. The van der Waals surface area contributed by atoms with Crippen LogP contribution in [-0.2, 0) is 9.59 Å². The lowest BCUT2D eigenvalue weighted by atomic mass is 9.83. The van der Waals surface area contributed by atoms with Gasteiger partial charge in [-0.1, -0.05) is 31.2 Å². The molecular formula is C21H22N2O4. The number of carbonyl (C=O) groups is 2. The molecule has 3 rings (SSSR count). The molecule has 27 heavy (non-hydrogen) atoms. The van der Waals surface area contributed by atoms with Gasteiger partial charge >= 0.3 is 11.9 Å². The number of carboxylic acid groups (broad SMARTS) is 2. The highest BCUT2D eigenvalue weighted by Crippen LogP contribution is 2.37. The molecule has 6 heteroatoms. The van der Waals surface area contributed by atoms with E-state index in [4.69, 9.17) is 15.9 Å². The molecule has 0 fully saturated rings. The molecule has 2 aromatic rings. The van der Waals surface area contributed by atoms with E-state index in [1.165, 1.54) is 16.7 Å². The van der Waals surface area contributed by atoms with Gasteiger partial charge in [-0.05, 0) is 54.2 Å². The topological polar surface area (TPSA) is 114 Å². The summed E-state index contributed by atoms with van der Waals surface area (Å²) in [5.41, 5.74) is 12.7. The van der Waals surface area contributed by atoms with Crippen LogP contribution in [0.4, 0.5) is 5.69 Å². The summed E-state index contributed by atoms with van der Waals surface area (Å²) < 4.78 is 0. The van der Waals surface area contributed by atoms with Crippen molar-refractivity contribution in [3.05, 3.63) is 71.1 Å². The molecule has 0 radical (unpaired) electrons. The monoisotopic (exact) mass is 366 g/mol. The van der Waals surface area contributed by atoms with Gasteiger partial charge in [-0.15, -0.1) is 0 Å². The molecule has 1 heterocycles. The van der Waals surface area contributed by atoms with Gasteiger partial charge in [0.1, 0.15) is 0 Å². The van der Waals surface area contributed by atoms with Crippen LogP contribution < -0.4 is 5.73 Å². The van der Waals surface area contributed by atoms with Crippen molar-refractivity contribution >= 4 is 29.3 Å². The van der Waals surface area contributed by atoms with Crippen LogP contribution in [0.1, 0.15) is 41.8 Å². The van der Waals surface area contributed by atoms with E-state index in [1.54, 1.807) is 0 Å². The molecule has 1 unspecified atom stereocenters.